The van der Waals surface area contributed by atoms with Crippen molar-refractivity contribution >= 4 is 21.8 Å². The number of aromatic nitrogens is 1. The van der Waals surface area contributed by atoms with Gasteiger partial charge in [-0.25, -0.2) is 13.1 Å². The molecule has 0 saturated carbocycles. The summed E-state index contributed by atoms with van der Waals surface area (Å²) in [6, 6.07) is 9.47. The molecular formula is C17H19N3O4S. The Morgan fingerprint density at radius 1 is 1.16 bits per heavy atom. The lowest BCUT2D eigenvalue weighted by Crippen LogP contribution is -2.35. The van der Waals surface area contributed by atoms with E-state index in [2.05, 4.69) is 10.3 Å². The predicted octanol–water partition coefficient (Wildman–Crippen LogP) is 1.46. The second kappa shape index (κ2) is 7.89. The SMILES string of the molecule is CC(=O)N[C@@H](CC(=O)NS(=O)(=O)c1cccnc1)c1ccc(C)cc1. The summed E-state index contributed by atoms with van der Waals surface area (Å²) in [4.78, 5) is 27.2. The predicted molar refractivity (Wildman–Crippen MR) is 91.9 cm³/mol. The lowest BCUT2D eigenvalue weighted by molar-refractivity contribution is -0.121. The monoisotopic (exact) mass is 361 g/mol. The maximum Gasteiger partial charge on any atom is 0.265 e. The fourth-order valence-electron chi connectivity index (χ4n) is 2.24. The van der Waals surface area contributed by atoms with E-state index in [1.54, 1.807) is 12.1 Å². The number of benzene rings is 1. The van der Waals surface area contributed by atoms with Crippen molar-refractivity contribution in [2.45, 2.75) is 31.2 Å². The molecule has 0 bridgehead atoms. The Balaban J connectivity index is 2.14. The number of nitrogens with zero attached hydrogens (tertiary/aromatic N) is 1. The summed E-state index contributed by atoms with van der Waals surface area (Å²) in [5.41, 5.74) is 1.75. The van der Waals surface area contributed by atoms with Crippen molar-refractivity contribution in [1.29, 1.82) is 0 Å². The molecular weight excluding hydrogens is 342 g/mol. The van der Waals surface area contributed by atoms with E-state index in [0.717, 1.165) is 17.3 Å². The molecule has 0 aliphatic rings. The van der Waals surface area contributed by atoms with E-state index in [-0.39, 0.29) is 17.2 Å². The highest BCUT2D eigenvalue weighted by molar-refractivity contribution is 7.90. The number of hydrogen-bond acceptors (Lipinski definition) is 5. The van der Waals surface area contributed by atoms with Crippen LogP contribution in [-0.4, -0.2) is 25.2 Å². The van der Waals surface area contributed by atoms with Crippen molar-refractivity contribution in [3.63, 3.8) is 0 Å². The Kier molecular flexibility index (Phi) is 5.87. The van der Waals surface area contributed by atoms with Crippen molar-refractivity contribution < 1.29 is 18.0 Å². The van der Waals surface area contributed by atoms with E-state index in [0.29, 0.717) is 0 Å². The Morgan fingerprint density at radius 3 is 2.40 bits per heavy atom. The Hall–Kier alpha value is -2.74. The van der Waals surface area contributed by atoms with Crippen LogP contribution in [0.2, 0.25) is 0 Å². The van der Waals surface area contributed by atoms with Gasteiger partial charge in [-0.2, -0.15) is 0 Å². The fraction of sp³-hybridized carbons (Fsp3) is 0.235. The van der Waals surface area contributed by atoms with Crippen LogP contribution < -0.4 is 10.0 Å². The number of pyridine rings is 1. The first-order valence-corrected chi connectivity index (χ1v) is 9.05. The zero-order valence-electron chi connectivity index (χ0n) is 13.9. The third-order valence-corrected chi connectivity index (χ3v) is 4.80. The topological polar surface area (TPSA) is 105 Å². The van der Waals surface area contributed by atoms with Crippen LogP contribution >= 0.6 is 0 Å². The molecule has 132 valence electrons. The van der Waals surface area contributed by atoms with Gasteiger partial charge in [0.25, 0.3) is 10.0 Å². The van der Waals surface area contributed by atoms with Gasteiger partial charge in [-0.1, -0.05) is 29.8 Å². The molecule has 0 radical (unpaired) electrons. The van der Waals surface area contributed by atoms with Crippen LogP contribution in [0.25, 0.3) is 0 Å². The molecule has 2 rings (SSSR count). The van der Waals surface area contributed by atoms with Crippen LogP contribution in [0.15, 0.2) is 53.7 Å². The first-order valence-electron chi connectivity index (χ1n) is 7.57. The van der Waals surface area contributed by atoms with Gasteiger partial charge >= 0.3 is 0 Å². The van der Waals surface area contributed by atoms with Gasteiger partial charge in [0.2, 0.25) is 11.8 Å². The standard InChI is InChI=1S/C17H19N3O4S/c1-12-5-7-14(8-6-12)16(19-13(2)21)10-17(22)20-25(23,24)15-4-3-9-18-11-15/h3-9,11,16H,10H2,1-2H3,(H,19,21)(H,20,22)/t16-/m0/s1. The summed E-state index contributed by atoms with van der Waals surface area (Å²) in [7, 11) is -4.00. The fourth-order valence-corrected chi connectivity index (χ4v) is 3.20. The van der Waals surface area contributed by atoms with Crippen molar-refractivity contribution in [3.05, 3.63) is 59.9 Å². The van der Waals surface area contributed by atoms with Gasteiger partial charge in [0.05, 0.1) is 12.5 Å². The van der Waals surface area contributed by atoms with Gasteiger partial charge in [0.1, 0.15) is 4.90 Å². The second-order valence-electron chi connectivity index (χ2n) is 5.59. The molecule has 1 atom stereocenters. The van der Waals surface area contributed by atoms with E-state index < -0.39 is 22.0 Å². The largest absolute Gasteiger partial charge is 0.349 e. The quantitative estimate of drug-likeness (QED) is 0.810. The molecule has 0 spiro atoms. The minimum atomic E-state index is -4.00. The first-order chi connectivity index (χ1) is 11.8. The van der Waals surface area contributed by atoms with Crippen LogP contribution in [0.3, 0.4) is 0 Å². The number of hydrogen-bond donors (Lipinski definition) is 2. The van der Waals surface area contributed by atoms with Gasteiger partial charge < -0.3 is 5.32 Å². The van der Waals surface area contributed by atoms with E-state index in [1.807, 2.05) is 23.8 Å². The molecule has 0 fully saturated rings. The zero-order chi connectivity index (χ0) is 18.4. The second-order valence-corrected chi connectivity index (χ2v) is 7.27. The first kappa shape index (κ1) is 18.6. The van der Waals surface area contributed by atoms with Gasteiger partial charge in [0, 0.05) is 19.3 Å². The van der Waals surface area contributed by atoms with E-state index in [9.17, 15) is 18.0 Å². The van der Waals surface area contributed by atoms with Crippen LogP contribution in [0.4, 0.5) is 0 Å². The number of amides is 2. The van der Waals surface area contributed by atoms with Crippen LogP contribution in [0, 0.1) is 6.92 Å². The molecule has 1 aromatic carbocycles. The molecule has 7 nitrogen and oxygen atoms in total. The Bertz CT molecular complexity index is 849. The summed E-state index contributed by atoms with van der Waals surface area (Å²) in [6.45, 7) is 3.26. The molecule has 0 aliphatic heterocycles. The van der Waals surface area contributed by atoms with Gasteiger partial charge in [-0.3, -0.25) is 14.6 Å². The van der Waals surface area contributed by atoms with Crippen molar-refractivity contribution in [2.24, 2.45) is 0 Å². The summed E-state index contributed by atoms with van der Waals surface area (Å²) in [5, 5.41) is 2.67. The van der Waals surface area contributed by atoms with Crippen LogP contribution in [0.5, 0.6) is 0 Å². The van der Waals surface area contributed by atoms with E-state index >= 15 is 0 Å². The van der Waals surface area contributed by atoms with Crippen LogP contribution in [0.1, 0.15) is 30.5 Å². The average Bonchev–Trinajstić information content (AvgIpc) is 2.55. The van der Waals surface area contributed by atoms with E-state index in [4.69, 9.17) is 0 Å². The third-order valence-electron chi connectivity index (χ3n) is 3.44. The Labute approximate surface area is 146 Å². The summed E-state index contributed by atoms with van der Waals surface area (Å²) in [6.07, 6.45) is 2.38. The lowest BCUT2D eigenvalue weighted by atomic mass is 10.0. The number of rotatable bonds is 6. The zero-order valence-corrected chi connectivity index (χ0v) is 14.7. The maximum atomic E-state index is 12.2. The summed E-state index contributed by atoms with van der Waals surface area (Å²) < 4.78 is 26.3. The molecule has 1 aromatic heterocycles. The number of carbonyl (C=O) groups is 2. The number of nitrogens with one attached hydrogen (secondary N) is 2. The number of carbonyl (C=O) groups excluding carboxylic acids is 2. The average molecular weight is 361 g/mol. The molecule has 0 aliphatic carbocycles. The summed E-state index contributed by atoms with van der Waals surface area (Å²) in [5.74, 6) is -1.03. The van der Waals surface area contributed by atoms with Gasteiger partial charge in [-0.05, 0) is 24.6 Å². The normalized spacial score (nSPS) is 12.2. The highest BCUT2D eigenvalue weighted by Crippen LogP contribution is 2.18. The van der Waals surface area contributed by atoms with Gasteiger partial charge in [-0.15, -0.1) is 0 Å². The highest BCUT2D eigenvalue weighted by Gasteiger charge is 2.22. The molecule has 2 aromatic rings. The smallest absolute Gasteiger partial charge is 0.265 e. The third kappa shape index (κ3) is 5.39. The van der Waals surface area contributed by atoms with Crippen LogP contribution in [-0.2, 0) is 19.6 Å². The minimum Gasteiger partial charge on any atom is -0.349 e. The minimum absolute atomic E-state index is 0.102. The number of aryl methyl sites for hydroxylation is 1. The van der Waals surface area contributed by atoms with Gasteiger partial charge in [0.15, 0.2) is 0 Å². The number of sulfonamides is 1. The highest BCUT2D eigenvalue weighted by atomic mass is 32.2. The molecule has 0 saturated heterocycles. The molecule has 2 N–H and O–H groups in total. The van der Waals surface area contributed by atoms with E-state index in [1.165, 1.54) is 25.3 Å². The molecule has 25 heavy (non-hydrogen) atoms. The Morgan fingerprint density at radius 2 is 1.84 bits per heavy atom. The maximum absolute atomic E-state index is 12.2. The lowest BCUT2D eigenvalue weighted by Gasteiger charge is -2.18. The molecule has 1 heterocycles. The van der Waals surface area contributed by atoms with Crippen molar-refractivity contribution in [3.8, 4) is 0 Å². The van der Waals surface area contributed by atoms with Crippen molar-refractivity contribution in [2.75, 3.05) is 0 Å². The van der Waals surface area contributed by atoms with Crippen molar-refractivity contribution in [1.82, 2.24) is 15.0 Å². The molecule has 0 unspecified atom stereocenters. The molecule has 2 amide bonds. The summed E-state index contributed by atoms with van der Waals surface area (Å²) >= 11 is 0. The molecule has 8 heteroatoms.